The van der Waals surface area contributed by atoms with E-state index in [0.717, 1.165) is 5.56 Å². The zero-order valence-corrected chi connectivity index (χ0v) is 19.1. The molecule has 1 fully saturated rings. The van der Waals surface area contributed by atoms with Gasteiger partial charge in [-0.15, -0.1) is 0 Å². The molecule has 0 aromatic heterocycles. The van der Waals surface area contributed by atoms with Gasteiger partial charge >= 0.3 is 0 Å². The van der Waals surface area contributed by atoms with Gasteiger partial charge in [0.1, 0.15) is 17.4 Å². The summed E-state index contributed by atoms with van der Waals surface area (Å²) in [5.74, 6) is -0.850. The third-order valence-electron chi connectivity index (χ3n) is 5.71. The second-order valence-corrected chi connectivity index (χ2v) is 9.63. The molecule has 3 aromatic carbocycles. The van der Waals surface area contributed by atoms with Gasteiger partial charge in [-0.1, -0.05) is 42.5 Å². The molecule has 0 aliphatic carbocycles. The molecule has 1 aliphatic heterocycles. The van der Waals surface area contributed by atoms with Gasteiger partial charge in [0, 0.05) is 38.3 Å². The lowest BCUT2D eigenvalue weighted by atomic mass is 10.1. The average molecular weight is 479 g/mol. The van der Waals surface area contributed by atoms with E-state index in [2.05, 4.69) is 4.72 Å². The third-order valence-corrected chi connectivity index (χ3v) is 7.11. The van der Waals surface area contributed by atoms with Crippen LogP contribution in [0.5, 0.6) is 0 Å². The Kier molecular flexibility index (Phi) is 6.91. The van der Waals surface area contributed by atoms with Crippen molar-refractivity contribution >= 4 is 21.6 Å². The zero-order valence-electron chi connectivity index (χ0n) is 18.3. The highest BCUT2D eigenvalue weighted by atomic mass is 32.2. The van der Waals surface area contributed by atoms with Crippen LogP contribution in [-0.2, 0) is 16.6 Å². The number of nitrogens with zero attached hydrogens (tertiary/aromatic N) is 3. The second-order valence-electron chi connectivity index (χ2n) is 7.86. The van der Waals surface area contributed by atoms with Gasteiger partial charge in [-0.25, -0.2) is 17.5 Å². The van der Waals surface area contributed by atoms with Gasteiger partial charge in [-0.05, 0) is 35.9 Å². The van der Waals surface area contributed by atoms with Crippen molar-refractivity contribution in [2.75, 3.05) is 31.1 Å². The second kappa shape index (κ2) is 10.0. The Morgan fingerprint density at radius 3 is 2.38 bits per heavy atom. The number of amides is 1. The number of hydrogen-bond donors (Lipinski definition) is 1. The molecule has 0 bridgehead atoms. The summed E-state index contributed by atoms with van der Waals surface area (Å²) in [6.07, 6.45) is 0. The summed E-state index contributed by atoms with van der Waals surface area (Å²) in [4.78, 5) is 16.6. The lowest BCUT2D eigenvalue weighted by Gasteiger charge is -2.36. The molecule has 9 heteroatoms. The first-order valence-electron chi connectivity index (χ1n) is 10.8. The predicted octanol–water partition coefficient (Wildman–Crippen LogP) is 3.14. The van der Waals surface area contributed by atoms with Crippen LogP contribution in [-0.4, -0.2) is 45.4 Å². The average Bonchev–Trinajstić information content (AvgIpc) is 2.88. The fourth-order valence-corrected chi connectivity index (χ4v) is 4.94. The number of carbonyl (C=O) groups excluding carboxylic acids is 1. The lowest BCUT2D eigenvalue weighted by Crippen LogP contribution is -2.49. The van der Waals surface area contributed by atoms with Crippen molar-refractivity contribution < 1.29 is 17.6 Å². The lowest BCUT2D eigenvalue weighted by molar-refractivity contribution is 0.0746. The molecule has 1 saturated heterocycles. The first-order chi connectivity index (χ1) is 16.4. The third kappa shape index (κ3) is 5.09. The molecular weight excluding hydrogens is 455 g/mol. The first kappa shape index (κ1) is 23.4. The van der Waals surface area contributed by atoms with Gasteiger partial charge in [-0.3, -0.25) is 4.79 Å². The molecule has 1 heterocycles. The molecular formula is C25H23FN4O3S. The monoisotopic (exact) mass is 478 g/mol. The number of nitrogens with one attached hydrogen (secondary N) is 1. The summed E-state index contributed by atoms with van der Waals surface area (Å²) in [6.45, 7) is 1.74. The van der Waals surface area contributed by atoms with Crippen molar-refractivity contribution in [1.82, 2.24) is 9.62 Å². The highest BCUT2D eigenvalue weighted by molar-refractivity contribution is 7.89. The Morgan fingerprint density at radius 1 is 0.971 bits per heavy atom. The van der Waals surface area contributed by atoms with E-state index in [0.29, 0.717) is 31.9 Å². The molecule has 0 spiro atoms. The largest absolute Gasteiger partial charge is 0.367 e. The summed E-state index contributed by atoms with van der Waals surface area (Å²) in [6, 6.07) is 21.5. The van der Waals surface area contributed by atoms with Crippen molar-refractivity contribution in [2.24, 2.45) is 0 Å². The number of rotatable bonds is 6. The van der Waals surface area contributed by atoms with Crippen LogP contribution in [0.3, 0.4) is 0 Å². The van der Waals surface area contributed by atoms with E-state index in [1.54, 1.807) is 29.2 Å². The van der Waals surface area contributed by atoms with Crippen LogP contribution in [0.4, 0.5) is 10.1 Å². The van der Waals surface area contributed by atoms with Crippen molar-refractivity contribution in [1.29, 1.82) is 5.26 Å². The summed E-state index contributed by atoms with van der Waals surface area (Å²) in [5.41, 5.74) is 1.60. The molecule has 1 aliphatic rings. The molecule has 34 heavy (non-hydrogen) atoms. The number of carbonyl (C=O) groups is 1. The van der Waals surface area contributed by atoms with Crippen LogP contribution < -0.4 is 9.62 Å². The summed E-state index contributed by atoms with van der Waals surface area (Å²) in [7, 11) is -3.80. The fourth-order valence-electron chi connectivity index (χ4n) is 3.87. The van der Waals surface area contributed by atoms with Crippen molar-refractivity contribution in [3.8, 4) is 6.07 Å². The zero-order chi connectivity index (χ0) is 24.1. The Balaban J connectivity index is 1.43. The first-order valence-corrected chi connectivity index (χ1v) is 12.2. The minimum atomic E-state index is -3.80. The van der Waals surface area contributed by atoms with Crippen molar-refractivity contribution in [3.63, 3.8) is 0 Å². The van der Waals surface area contributed by atoms with E-state index in [4.69, 9.17) is 0 Å². The van der Waals surface area contributed by atoms with Crippen molar-refractivity contribution in [2.45, 2.75) is 11.4 Å². The maximum atomic E-state index is 13.9. The molecule has 3 aromatic rings. The fraction of sp³-hybridized carbons (Fsp3) is 0.200. The summed E-state index contributed by atoms with van der Waals surface area (Å²) >= 11 is 0. The molecule has 0 saturated carbocycles. The summed E-state index contributed by atoms with van der Waals surface area (Å²) in [5, 5.41) is 9.28. The van der Waals surface area contributed by atoms with Crippen LogP contribution in [0.2, 0.25) is 0 Å². The number of benzene rings is 3. The number of anilines is 1. The summed E-state index contributed by atoms with van der Waals surface area (Å²) < 4.78 is 42.0. The topological polar surface area (TPSA) is 93.5 Å². The molecule has 0 radical (unpaired) electrons. The Hall–Kier alpha value is -3.74. The van der Waals surface area contributed by atoms with E-state index in [1.165, 1.54) is 18.2 Å². The van der Waals surface area contributed by atoms with Gasteiger partial charge in [0.25, 0.3) is 5.91 Å². The van der Waals surface area contributed by atoms with Crippen LogP contribution in [0.25, 0.3) is 0 Å². The van der Waals surface area contributed by atoms with Crippen LogP contribution >= 0.6 is 0 Å². The van der Waals surface area contributed by atoms with E-state index in [1.807, 2.05) is 41.3 Å². The maximum Gasteiger partial charge on any atom is 0.254 e. The number of sulfonamides is 1. The van der Waals surface area contributed by atoms with Crippen LogP contribution in [0.1, 0.15) is 21.5 Å². The van der Waals surface area contributed by atoms with Gasteiger partial charge in [0.05, 0.1) is 10.6 Å². The standard InChI is InChI=1S/C25H23FN4O3S/c26-23-10-5-11-24(22(23)17-27)29-12-14-30(15-13-29)25(31)20-8-4-9-21(16-20)34(32,33)28-18-19-6-2-1-3-7-19/h1-11,16,28H,12-15,18H2. The maximum absolute atomic E-state index is 13.9. The molecule has 0 unspecified atom stereocenters. The van der Waals surface area contributed by atoms with E-state index >= 15 is 0 Å². The molecule has 174 valence electrons. The van der Waals surface area contributed by atoms with E-state index in [9.17, 15) is 22.9 Å². The normalized spacial score (nSPS) is 14.0. The smallest absolute Gasteiger partial charge is 0.254 e. The highest BCUT2D eigenvalue weighted by Crippen LogP contribution is 2.24. The Morgan fingerprint density at radius 2 is 1.68 bits per heavy atom. The van der Waals surface area contributed by atoms with E-state index in [-0.39, 0.29) is 28.5 Å². The van der Waals surface area contributed by atoms with Gasteiger partial charge in [0.2, 0.25) is 10.0 Å². The molecule has 1 N–H and O–H groups in total. The number of nitriles is 1. The molecule has 7 nitrogen and oxygen atoms in total. The Bertz CT molecular complexity index is 1330. The minimum Gasteiger partial charge on any atom is -0.367 e. The predicted molar refractivity (Wildman–Crippen MR) is 126 cm³/mol. The van der Waals surface area contributed by atoms with Crippen LogP contribution in [0, 0.1) is 17.1 Å². The molecule has 1 amide bonds. The van der Waals surface area contributed by atoms with Crippen LogP contribution in [0.15, 0.2) is 77.7 Å². The van der Waals surface area contributed by atoms with Gasteiger partial charge in [0.15, 0.2) is 0 Å². The number of halogens is 1. The number of piperazine rings is 1. The molecule has 4 rings (SSSR count). The van der Waals surface area contributed by atoms with Gasteiger partial charge in [-0.2, -0.15) is 5.26 Å². The number of hydrogen-bond acceptors (Lipinski definition) is 5. The SMILES string of the molecule is N#Cc1c(F)cccc1N1CCN(C(=O)c2cccc(S(=O)(=O)NCc3ccccc3)c2)CC1. The minimum absolute atomic E-state index is 0.0109. The van der Waals surface area contributed by atoms with E-state index < -0.39 is 15.8 Å². The molecule has 0 atom stereocenters. The highest BCUT2D eigenvalue weighted by Gasteiger charge is 2.25. The quantitative estimate of drug-likeness (QED) is 0.588. The van der Waals surface area contributed by atoms with Crippen molar-refractivity contribution in [3.05, 3.63) is 95.3 Å². The van der Waals surface area contributed by atoms with Gasteiger partial charge < -0.3 is 9.80 Å². The Labute approximate surface area is 198 Å².